The molecule has 4 aromatic rings. The number of ether oxygens (including phenoxy) is 1. The second kappa shape index (κ2) is 7.32. The minimum Gasteiger partial charge on any atom is -0.497 e. The largest absolute Gasteiger partial charge is 0.497 e. The van der Waals surface area contributed by atoms with Gasteiger partial charge in [-0.2, -0.15) is 10.4 Å². The lowest BCUT2D eigenvalue weighted by Crippen LogP contribution is -2.08. The molecule has 0 amide bonds. The van der Waals surface area contributed by atoms with Crippen LogP contribution in [0.5, 0.6) is 5.75 Å². The van der Waals surface area contributed by atoms with Gasteiger partial charge < -0.3 is 10.1 Å². The molecule has 7 nitrogen and oxygen atoms in total. The van der Waals surface area contributed by atoms with Gasteiger partial charge in [0.05, 0.1) is 31.1 Å². The van der Waals surface area contributed by atoms with Gasteiger partial charge in [0.1, 0.15) is 17.4 Å². The average Bonchev–Trinajstić information content (AvgIpc) is 3.19. The number of methoxy groups -OCH3 is 1. The Kier molecular flexibility index (Phi) is 4.56. The molecular formula is C20H19FN6O. The Balaban J connectivity index is 0.00000160. The van der Waals surface area contributed by atoms with Crippen LogP contribution in [0.4, 0.5) is 16.0 Å². The van der Waals surface area contributed by atoms with E-state index in [2.05, 4.69) is 31.6 Å². The van der Waals surface area contributed by atoms with Gasteiger partial charge in [0.15, 0.2) is 5.82 Å². The van der Waals surface area contributed by atoms with Crippen molar-refractivity contribution < 1.29 is 12.0 Å². The fraction of sp³-hybridized carbons (Fsp3) is 0.100. The molecule has 0 saturated heterocycles. The molecule has 1 unspecified atom stereocenters. The van der Waals surface area contributed by atoms with Gasteiger partial charge in [0.25, 0.3) is 0 Å². The highest BCUT2D eigenvalue weighted by Crippen LogP contribution is 2.27. The molecule has 0 spiro atoms. The zero-order chi connectivity index (χ0) is 19.5. The monoisotopic (exact) mass is 378 g/mol. The van der Waals surface area contributed by atoms with Crippen LogP contribution in [-0.2, 0) is 0 Å². The third kappa shape index (κ3) is 3.33. The summed E-state index contributed by atoms with van der Waals surface area (Å²) in [6.07, 6.45) is 2.77. The Morgan fingerprint density at radius 3 is 2.79 bits per heavy atom. The third-order valence-electron chi connectivity index (χ3n) is 4.32. The number of nitrogens with one attached hydrogen (secondary N) is 2. The molecule has 0 aliphatic heterocycles. The summed E-state index contributed by atoms with van der Waals surface area (Å²) in [4.78, 5) is 8.24. The number of benzene rings is 2. The lowest BCUT2D eigenvalue weighted by atomic mass is 9.96. The number of hydrogen-bond acceptors (Lipinski definition) is 6. The van der Waals surface area contributed by atoms with E-state index in [4.69, 9.17) is 4.74 Å². The number of nitrogens with zero attached hydrogens (tertiary/aromatic N) is 4. The Morgan fingerprint density at radius 1 is 1.21 bits per heavy atom. The van der Waals surface area contributed by atoms with Crippen molar-refractivity contribution in [2.24, 2.45) is 0 Å². The van der Waals surface area contributed by atoms with Crippen molar-refractivity contribution in [1.82, 2.24) is 20.2 Å². The van der Waals surface area contributed by atoms with Gasteiger partial charge in [-0.25, -0.2) is 14.4 Å². The molecule has 2 aromatic heterocycles. The number of anilines is 2. The molecule has 0 bridgehead atoms. The molecule has 2 N–H and O–H groups in total. The molecule has 0 aliphatic rings. The predicted octanol–water partition coefficient (Wildman–Crippen LogP) is 4.39. The Labute approximate surface area is 162 Å². The summed E-state index contributed by atoms with van der Waals surface area (Å²) in [6, 6.07) is 14.6. The molecule has 1 atom stereocenters. The smallest absolute Gasteiger partial charge is 0.227 e. The van der Waals surface area contributed by atoms with E-state index in [1.54, 1.807) is 37.6 Å². The highest BCUT2D eigenvalue weighted by molar-refractivity contribution is 5.82. The molecule has 8 heteroatoms. The first-order valence-corrected chi connectivity index (χ1v) is 8.44. The van der Waals surface area contributed by atoms with E-state index in [0.29, 0.717) is 11.3 Å². The lowest BCUT2D eigenvalue weighted by molar-refractivity contribution is 0.414. The van der Waals surface area contributed by atoms with Crippen molar-refractivity contribution in [2.75, 3.05) is 12.4 Å². The Hall–Kier alpha value is -3.99. The minimum absolute atomic E-state index is 0. The van der Waals surface area contributed by atoms with Gasteiger partial charge in [0, 0.05) is 13.9 Å². The summed E-state index contributed by atoms with van der Waals surface area (Å²) < 4.78 is 19.5. The van der Waals surface area contributed by atoms with Gasteiger partial charge in [-0.15, -0.1) is 0 Å². The summed E-state index contributed by atoms with van der Waals surface area (Å²) in [5.74, 6) is -0.655. The van der Waals surface area contributed by atoms with Crippen LogP contribution in [0.3, 0.4) is 0 Å². The SMILES string of the molecule is COc1ccc(C(C#N)c2nc(Nc3ccc4[nH]ncc4c3)ncc2F)cc1.[HH].[HH]. The number of aromatic amines is 1. The van der Waals surface area contributed by atoms with Crippen molar-refractivity contribution in [1.29, 1.82) is 5.26 Å². The number of H-pyrrole nitrogens is 1. The maximum Gasteiger partial charge on any atom is 0.227 e. The van der Waals surface area contributed by atoms with Gasteiger partial charge in [-0.3, -0.25) is 5.10 Å². The van der Waals surface area contributed by atoms with Gasteiger partial charge in [-0.05, 0) is 35.9 Å². The van der Waals surface area contributed by atoms with Crippen molar-refractivity contribution in [3.05, 3.63) is 71.9 Å². The zero-order valence-corrected chi connectivity index (χ0v) is 14.8. The third-order valence-corrected chi connectivity index (χ3v) is 4.32. The Bertz CT molecular complexity index is 1180. The summed E-state index contributed by atoms with van der Waals surface area (Å²) >= 11 is 0. The molecular weight excluding hydrogens is 359 g/mol. The second-order valence-corrected chi connectivity index (χ2v) is 6.06. The van der Waals surface area contributed by atoms with E-state index in [9.17, 15) is 9.65 Å². The topological polar surface area (TPSA) is 99.5 Å². The van der Waals surface area contributed by atoms with E-state index in [-0.39, 0.29) is 14.5 Å². The van der Waals surface area contributed by atoms with Gasteiger partial charge in [0.2, 0.25) is 5.95 Å². The predicted molar refractivity (Wildman–Crippen MR) is 106 cm³/mol. The van der Waals surface area contributed by atoms with Crippen LogP contribution < -0.4 is 10.1 Å². The van der Waals surface area contributed by atoms with Gasteiger partial charge in [-0.1, -0.05) is 12.1 Å². The summed E-state index contributed by atoms with van der Waals surface area (Å²) in [5, 5.41) is 20.4. The summed E-state index contributed by atoms with van der Waals surface area (Å²) in [6.45, 7) is 0. The minimum atomic E-state index is -0.870. The standard InChI is InChI=1S/C20H15FN6O.2H2/c1-28-15-5-2-12(3-6-15)16(9-22)19-17(21)11-23-20(26-19)25-14-4-7-18-13(8-14)10-24-27-18;;/h2-8,10-11,16H,1H3,(H,24,27)(H,23,25,26);2*1H. The zero-order valence-electron chi connectivity index (χ0n) is 14.8. The van der Waals surface area contributed by atoms with E-state index >= 15 is 0 Å². The van der Waals surface area contributed by atoms with E-state index in [0.717, 1.165) is 22.8 Å². The van der Waals surface area contributed by atoms with Crippen LogP contribution in [-0.4, -0.2) is 27.3 Å². The summed E-state index contributed by atoms with van der Waals surface area (Å²) in [5.41, 5.74) is 2.25. The number of halogens is 1. The molecule has 0 radical (unpaired) electrons. The molecule has 0 fully saturated rings. The second-order valence-electron chi connectivity index (χ2n) is 6.06. The number of fused-ring (bicyclic) bond motifs is 1. The first-order chi connectivity index (χ1) is 13.7. The van der Waals surface area contributed by atoms with E-state index in [1.165, 1.54) is 0 Å². The molecule has 0 aliphatic carbocycles. The van der Waals surface area contributed by atoms with Crippen molar-refractivity contribution in [3.63, 3.8) is 0 Å². The quantitative estimate of drug-likeness (QED) is 0.534. The first kappa shape index (κ1) is 17.4. The highest BCUT2D eigenvalue weighted by Gasteiger charge is 2.21. The van der Waals surface area contributed by atoms with Crippen LogP contribution in [0.1, 0.15) is 20.0 Å². The van der Waals surface area contributed by atoms with Crippen LogP contribution in [0.15, 0.2) is 54.9 Å². The summed E-state index contributed by atoms with van der Waals surface area (Å²) in [7, 11) is 1.56. The molecule has 2 aromatic carbocycles. The maximum absolute atomic E-state index is 14.4. The fourth-order valence-electron chi connectivity index (χ4n) is 2.88. The molecule has 2 heterocycles. The van der Waals surface area contributed by atoms with Crippen molar-refractivity contribution >= 4 is 22.5 Å². The van der Waals surface area contributed by atoms with Crippen molar-refractivity contribution in [2.45, 2.75) is 5.92 Å². The fourth-order valence-corrected chi connectivity index (χ4v) is 2.88. The molecule has 4 rings (SSSR count). The highest BCUT2D eigenvalue weighted by atomic mass is 19.1. The van der Waals surface area contributed by atoms with E-state index < -0.39 is 11.7 Å². The van der Waals surface area contributed by atoms with Gasteiger partial charge >= 0.3 is 0 Å². The molecule has 142 valence electrons. The van der Waals surface area contributed by atoms with E-state index in [1.807, 2.05) is 18.2 Å². The molecule has 28 heavy (non-hydrogen) atoms. The number of nitriles is 1. The van der Waals surface area contributed by atoms with Crippen LogP contribution >= 0.6 is 0 Å². The first-order valence-electron chi connectivity index (χ1n) is 8.44. The van der Waals surface area contributed by atoms with Crippen LogP contribution in [0.2, 0.25) is 0 Å². The lowest BCUT2D eigenvalue weighted by Gasteiger charge is -2.12. The number of rotatable bonds is 5. The maximum atomic E-state index is 14.4. The number of aromatic nitrogens is 4. The van der Waals surface area contributed by atoms with Crippen LogP contribution in [0, 0.1) is 17.1 Å². The number of hydrogen-bond donors (Lipinski definition) is 2. The van der Waals surface area contributed by atoms with Crippen molar-refractivity contribution in [3.8, 4) is 11.8 Å². The molecule has 0 saturated carbocycles. The Morgan fingerprint density at radius 2 is 2.04 bits per heavy atom. The van der Waals surface area contributed by atoms with Crippen LogP contribution in [0.25, 0.3) is 10.9 Å². The average molecular weight is 378 g/mol. The normalized spacial score (nSPS) is 11.8.